The number of carbonyl (C=O) groups is 1. The minimum Gasteiger partial charge on any atom is -0.281 e. The Balaban J connectivity index is 1.83. The summed E-state index contributed by atoms with van der Waals surface area (Å²) in [4.78, 5) is 15.5. The number of nitrogens with one attached hydrogen (secondary N) is 1. The summed E-state index contributed by atoms with van der Waals surface area (Å²) in [5.74, 6) is 0.218. The zero-order valence-electron chi connectivity index (χ0n) is 10.1. The Labute approximate surface area is 104 Å². The van der Waals surface area contributed by atoms with Gasteiger partial charge in [0.25, 0.3) is 6.43 Å². The number of rotatable bonds is 5. The fraction of sp³-hybridized carbons (Fsp3) is 0.500. The predicted molar refractivity (Wildman–Crippen MR) is 61.5 cm³/mol. The van der Waals surface area contributed by atoms with Crippen molar-refractivity contribution in [2.24, 2.45) is 5.92 Å². The summed E-state index contributed by atoms with van der Waals surface area (Å²) in [6.07, 6.45) is 0.557. The van der Waals surface area contributed by atoms with Gasteiger partial charge in [0, 0.05) is 24.7 Å². The third-order valence-electron chi connectivity index (χ3n) is 2.85. The van der Waals surface area contributed by atoms with Crippen molar-refractivity contribution in [3.8, 4) is 0 Å². The summed E-state index contributed by atoms with van der Waals surface area (Å²) >= 11 is 0. The molecule has 6 heteroatoms. The van der Waals surface area contributed by atoms with E-state index in [1.165, 1.54) is 17.1 Å². The maximum absolute atomic E-state index is 12.3. The van der Waals surface area contributed by atoms with Gasteiger partial charge in [0.05, 0.1) is 12.2 Å². The second kappa shape index (κ2) is 5.39. The van der Waals surface area contributed by atoms with Crippen molar-refractivity contribution >= 4 is 5.91 Å². The van der Waals surface area contributed by atoms with Gasteiger partial charge >= 0.3 is 0 Å². The van der Waals surface area contributed by atoms with E-state index in [0.29, 0.717) is 12.2 Å². The Morgan fingerprint density at radius 1 is 1.56 bits per heavy atom. The number of hydrazine groups is 1. The molecule has 0 saturated heterocycles. The van der Waals surface area contributed by atoms with Crippen LogP contribution >= 0.6 is 0 Å². The van der Waals surface area contributed by atoms with Crippen LogP contribution < -0.4 is 5.43 Å². The molecule has 0 radical (unpaired) electrons. The second-order valence-corrected chi connectivity index (χ2v) is 4.39. The Hall–Kier alpha value is -1.56. The molecule has 0 atom stereocenters. The smallest absolute Gasteiger partial charge is 0.265 e. The van der Waals surface area contributed by atoms with E-state index in [0.717, 1.165) is 19.0 Å². The SMILES string of the molecule is CN(NCc1ccc(C(F)F)cn1)C(=O)C1CC1. The van der Waals surface area contributed by atoms with Crippen LogP contribution in [0.15, 0.2) is 18.3 Å². The molecule has 1 fully saturated rings. The lowest BCUT2D eigenvalue weighted by Crippen LogP contribution is -2.40. The fourth-order valence-corrected chi connectivity index (χ4v) is 1.55. The average molecular weight is 255 g/mol. The first-order valence-electron chi connectivity index (χ1n) is 5.82. The monoisotopic (exact) mass is 255 g/mol. The standard InChI is InChI=1S/C12H15F2N3O/c1-17(12(18)8-2-3-8)16-7-10-5-4-9(6-15-10)11(13)14/h4-6,8,11,16H,2-3,7H2,1H3. The Morgan fingerprint density at radius 2 is 2.28 bits per heavy atom. The summed E-state index contributed by atoms with van der Waals surface area (Å²) < 4.78 is 24.6. The van der Waals surface area contributed by atoms with Gasteiger partial charge in [0.2, 0.25) is 5.91 Å². The van der Waals surface area contributed by atoms with Gasteiger partial charge in [0.1, 0.15) is 0 Å². The molecule has 0 bridgehead atoms. The van der Waals surface area contributed by atoms with Gasteiger partial charge in [-0.15, -0.1) is 0 Å². The molecule has 2 rings (SSSR count). The molecule has 1 aliphatic carbocycles. The van der Waals surface area contributed by atoms with Crippen molar-refractivity contribution < 1.29 is 13.6 Å². The number of hydrogen-bond acceptors (Lipinski definition) is 3. The first kappa shape index (κ1) is 12.9. The molecule has 4 nitrogen and oxygen atoms in total. The number of carbonyl (C=O) groups excluding carboxylic acids is 1. The summed E-state index contributed by atoms with van der Waals surface area (Å²) in [7, 11) is 1.66. The molecule has 18 heavy (non-hydrogen) atoms. The third-order valence-corrected chi connectivity index (χ3v) is 2.85. The van der Waals surface area contributed by atoms with Crippen LogP contribution in [0.1, 0.15) is 30.5 Å². The number of amides is 1. The first-order chi connectivity index (χ1) is 8.58. The highest BCUT2D eigenvalue weighted by molar-refractivity contribution is 5.80. The Bertz CT molecular complexity index is 418. The van der Waals surface area contributed by atoms with E-state index in [4.69, 9.17) is 0 Å². The van der Waals surface area contributed by atoms with Crippen LogP contribution in [-0.2, 0) is 11.3 Å². The number of alkyl halides is 2. The van der Waals surface area contributed by atoms with Crippen molar-refractivity contribution in [2.75, 3.05) is 7.05 Å². The number of aromatic nitrogens is 1. The van der Waals surface area contributed by atoms with Gasteiger partial charge in [0.15, 0.2) is 0 Å². The molecule has 1 aliphatic rings. The molecule has 1 amide bonds. The van der Waals surface area contributed by atoms with Crippen molar-refractivity contribution in [1.82, 2.24) is 15.4 Å². The molecule has 0 spiro atoms. The lowest BCUT2D eigenvalue weighted by atomic mass is 10.2. The third kappa shape index (κ3) is 3.22. The van der Waals surface area contributed by atoms with Crippen molar-refractivity contribution in [3.63, 3.8) is 0 Å². The zero-order chi connectivity index (χ0) is 13.1. The van der Waals surface area contributed by atoms with Gasteiger partial charge < -0.3 is 0 Å². The first-order valence-corrected chi connectivity index (χ1v) is 5.82. The number of nitrogens with zero attached hydrogens (tertiary/aromatic N) is 2. The van der Waals surface area contributed by atoms with Crippen molar-refractivity contribution in [1.29, 1.82) is 0 Å². The van der Waals surface area contributed by atoms with E-state index in [2.05, 4.69) is 10.4 Å². The summed E-state index contributed by atoms with van der Waals surface area (Å²) in [5, 5.41) is 1.44. The van der Waals surface area contributed by atoms with Gasteiger partial charge in [-0.1, -0.05) is 0 Å². The minimum atomic E-state index is -2.50. The quantitative estimate of drug-likeness (QED) is 0.817. The van der Waals surface area contributed by atoms with E-state index in [-0.39, 0.29) is 17.4 Å². The van der Waals surface area contributed by atoms with Crippen LogP contribution in [0, 0.1) is 5.92 Å². The minimum absolute atomic E-state index is 0.0687. The summed E-state index contributed by atoms with van der Waals surface area (Å²) in [5.41, 5.74) is 3.43. The second-order valence-electron chi connectivity index (χ2n) is 4.39. The lowest BCUT2D eigenvalue weighted by molar-refractivity contribution is -0.134. The van der Waals surface area contributed by atoms with E-state index in [1.54, 1.807) is 7.05 Å². The van der Waals surface area contributed by atoms with Gasteiger partial charge in [-0.3, -0.25) is 14.8 Å². The molecule has 0 aromatic carbocycles. The molecule has 1 aromatic rings. The Kier molecular flexibility index (Phi) is 3.86. The van der Waals surface area contributed by atoms with E-state index < -0.39 is 6.43 Å². The van der Waals surface area contributed by atoms with Crippen LogP contribution in [0.3, 0.4) is 0 Å². The number of halogens is 2. The fourth-order valence-electron chi connectivity index (χ4n) is 1.55. The highest BCUT2D eigenvalue weighted by Gasteiger charge is 2.31. The topological polar surface area (TPSA) is 45.2 Å². The molecular formula is C12H15F2N3O. The maximum Gasteiger partial charge on any atom is 0.265 e. The Morgan fingerprint density at radius 3 is 2.78 bits per heavy atom. The van der Waals surface area contributed by atoms with E-state index in [1.807, 2.05) is 0 Å². The van der Waals surface area contributed by atoms with Crippen LogP contribution in [0.5, 0.6) is 0 Å². The highest BCUT2D eigenvalue weighted by Crippen LogP contribution is 2.30. The lowest BCUT2D eigenvalue weighted by Gasteiger charge is -2.17. The normalized spacial score (nSPS) is 14.9. The van der Waals surface area contributed by atoms with Gasteiger partial charge in [-0.2, -0.15) is 0 Å². The molecule has 98 valence electrons. The molecule has 1 heterocycles. The predicted octanol–water partition coefficient (Wildman–Crippen LogP) is 1.89. The largest absolute Gasteiger partial charge is 0.281 e. The summed E-state index contributed by atoms with van der Waals surface area (Å²) in [6.45, 7) is 0.346. The molecule has 0 aliphatic heterocycles. The molecule has 1 saturated carbocycles. The molecule has 1 aromatic heterocycles. The number of pyridine rings is 1. The van der Waals surface area contributed by atoms with E-state index >= 15 is 0 Å². The average Bonchev–Trinajstić information content (AvgIpc) is 3.19. The number of hydrogen-bond donors (Lipinski definition) is 1. The van der Waals surface area contributed by atoms with Gasteiger partial charge in [-0.25, -0.2) is 14.2 Å². The van der Waals surface area contributed by atoms with Crippen LogP contribution in [0.25, 0.3) is 0 Å². The van der Waals surface area contributed by atoms with Crippen LogP contribution in [0.4, 0.5) is 8.78 Å². The highest BCUT2D eigenvalue weighted by atomic mass is 19.3. The molecule has 0 unspecified atom stereocenters. The van der Waals surface area contributed by atoms with Crippen molar-refractivity contribution in [2.45, 2.75) is 25.8 Å². The maximum atomic E-state index is 12.3. The molecule has 1 N–H and O–H groups in total. The van der Waals surface area contributed by atoms with E-state index in [9.17, 15) is 13.6 Å². The summed E-state index contributed by atoms with van der Waals surface area (Å²) in [6, 6.07) is 2.88. The van der Waals surface area contributed by atoms with Crippen LogP contribution in [-0.4, -0.2) is 22.9 Å². The van der Waals surface area contributed by atoms with Crippen molar-refractivity contribution in [3.05, 3.63) is 29.6 Å². The zero-order valence-corrected chi connectivity index (χ0v) is 10.1. The molecular weight excluding hydrogens is 240 g/mol. The van der Waals surface area contributed by atoms with Gasteiger partial charge in [-0.05, 0) is 25.0 Å². The van der Waals surface area contributed by atoms with Crippen LogP contribution in [0.2, 0.25) is 0 Å².